The molecule has 0 atom stereocenters. The number of carbonyl (C=O) groups excluding carboxylic acids is 2. The molecule has 0 spiro atoms. The first kappa shape index (κ1) is 17.9. The number of amides is 2. The molecular formula is C24H23N3O2. The van der Waals surface area contributed by atoms with Crippen LogP contribution in [0.2, 0.25) is 0 Å². The highest BCUT2D eigenvalue weighted by atomic mass is 16.2. The third-order valence-electron chi connectivity index (χ3n) is 5.99. The second-order valence-corrected chi connectivity index (χ2v) is 7.80. The molecule has 0 aromatic heterocycles. The van der Waals surface area contributed by atoms with Gasteiger partial charge in [-0.15, -0.1) is 0 Å². The monoisotopic (exact) mass is 385 g/mol. The fourth-order valence-electron chi connectivity index (χ4n) is 4.42. The lowest BCUT2D eigenvalue weighted by Gasteiger charge is -2.34. The predicted octanol–water partition coefficient (Wildman–Crippen LogP) is 4.11. The topological polar surface area (TPSA) is 52.7 Å². The Morgan fingerprint density at radius 2 is 1.66 bits per heavy atom. The van der Waals surface area contributed by atoms with Gasteiger partial charge in [-0.3, -0.25) is 19.4 Å². The Hall–Kier alpha value is -3.18. The molecule has 3 aromatic rings. The number of carbonyl (C=O) groups is 2. The van der Waals surface area contributed by atoms with Gasteiger partial charge in [0.15, 0.2) is 0 Å². The van der Waals surface area contributed by atoms with Crippen molar-refractivity contribution in [3.8, 4) is 0 Å². The number of likely N-dealkylation sites (tertiary alicyclic amines) is 1. The zero-order valence-electron chi connectivity index (χ0n) is 16.2. The molecule has 0 aliphatic carbocycles. The Morgan fingerprint density at radius 1 is 0.931 bits per heavy atom. The van der Waals surface area contributed by atoms with E-state index in [9.17, 15) is 9.59 Å². The summed E-state index contributed by atoms with van der Waals surface area (Å²) in [7, 11) is 0. The van der Waals surface area contributed by atoms with Crippen molar-refractivity contribution in [2.75, 3.05) is 30.0 Å². The molecule has 0 saturated carbocycles. The van der Waals surface area contributed by atoms with Gasteiger partial charge in [-0.1, -0.05) is 42.5 Å². The third kappa shape index (κ3) is 3.28. The molecule has 29 heavy (non-hydrogen) atoms. The molecule has 2 heterocycles. The number of hydrogen-bond acceptors (Lipinski definition) is 3. The largest absolute Gasteiger partial charge is 0.326 e. The van der Waals surface area contributed by atoms with Crippen LogP contribution in [0.25, 0.3) is 10.8 Å². The van der Waals surface area contributed by atoms with Crippen LogP contribution in [0.1, 0.15) is 23.2 Å². The minimum atomic E-state index is 0.0152. The average molecular weight is 385 g/mol. The van der Waals surface area contributed by atoms with Crippen LogP contribution in [0, 0.1) is 5.92 Å². The van der Waals surface area contributed by atoms with E-state index in [0.29, 0.717) is 6.67 Å². The quantitative estimate of drug-likeness (QED) is 0.735. The van der Waals surface area contributed by atoms with Gasteiger partial charge in [0.2, 0.25) is 5.91 Å². The van der Waals surface area contributed by atoms with E-state index in [2.05, 4.69) is 22.3 Å². The second-order valence-electron chi connectivity index (χ2n) is 7.80. The molecule has 2 aliphatic heterocycles. The molecule has 2 amide bonds. The van der Waals surface area contributed by atoms with E-state index in [0.717, 1.165) is 53.6 Å². The summed E-state index contributed by atoms with van der Waals surface area (Å²) in [5.74, 6) is 0.174. The molecule has 5 rings (SSSR count). The van der Waals surface area contributed by atoms with Gasteiger partial charge in [0.25, 0.3) is 5.91 Å². The molecule has 2 aliphatic rings. The van der Waals surface area contributed by atoms with Crippen molar-refractivity contribution < 1.29 is 9.59 Å². The number of rotatable bonds is 4. The Labute approximate surface area is 169 Å². The predicted molar refractivity (Wildman–Crippen MR) is 115 cm³/mol. The summed E-state index contributed by atoms with van der Waals surface area (Å²) in [5.41, 5.74) is 2.62. The van der Waals surface area contributed by atoms with Crippen LogP contribution >= 0.6 is 0 Å². The lowest BCUT2D eigenvalue weighted by atomic mass is 9.96. The van der Waals surface area contributed by atoms with Gasteiger partial charge in [0.1, 0.15) is 0 Å². The van der Waals surface area contributed by atoms with Crippen LogP contribution < -0.4 is 10.2 Å². The molecule has 1 fully saturated rings. The number of nitrogens with zero attached hydrogens (tertiary/aromatic N) is 2. The highest BCUT2D eigenvalue weighted by Crippen LogP contribution is 2.37. The van der Waals surface area contributed by atoms with Crippen molar-refractivity contribution >= 4 is 34.0 Å². The SMILES string of the molecule is O=C(Nc1ccccc1)C1CCN(CN2C(=O)c3cccc4cccc2c34)CC1. The third-order valence-corrected chi connectivity index (χ3v) is 5.99. The van der Waals surface area contributed by atoms with E-state index in [4.69, 9.17) is 0 Å². The summed E-state index contributed by atoms with van der Waals surface area (Å²) in [5, 5.41) is 5.17. The molecule has 5 heteroatoms. The van der Waals surface area contributed by atoms with Crippen LogP contribution in [0.4, 0.5) is 11.4 Å². The highest BCUT2D eigenvalue weighted by molar-refractivity contribution is 6.24. The first-order valence-electron chi connectivity index (χ1n) is 10.1. The number of piperidine rings is 1. The number of benzene rings is 3. The Kier molecular flexibility index (Phi) is 4.52. The zero-order valence-corrected chi connectivity index (χ0v) is 16.2. The van der Waals surface area contributed by atoms with E-state index in [1.807, 2.05) is 59.5 Å². The van der Waals surface area contributed by atoms with E-state index < -0.39 is 0 Å². The Bertz CT molecular complexity index is 1070. The van der Waals surface area contributed by atoms with Crippen LogP contribution in [0.3, 0.4) is 0 Å². The lowest BCUT2D eigenvalue weighted by Crippen LogP contribution is -2.45. The summed E-state index contributed by atoms with van der Waals surface area (Å²) < 4.78 is 0. The fourth-order valence-corrected chi connectivity index (χ4v) is 4.42. The summed E-state index contributed by atoms with van der Waals surface area (Å²) >= 11 is 0. The van der Waals surface area contributed by atoms with Crippen molar-refractivity contribution in [3.63, 3.8) is 0 Å². The molecule has 1 N–H and O–H groups in total. The van der Waals surface area contributed by atoms with Gasteiger partial charge in [-0.2, -0.15) is 0 Å². The minimum Gasteiger partial charge on any atom is -0.326 e. The van der Waals surface area contributed by atoms with Crippen molar-refractivity contribution in [1.29, 1.82) is 0 Å². The van der Waals surface area contributed by atoms with Crippen LogP contribution in [0.5, 0.6) is 0 Å². The van der Waals surface area contributed by atoms with Crippen molar-refractivity contribution in [1.82, 2.24) is 4.90 Å². The highest BCUT2D eigenvalue weighted by Gasteiger charge is 2.32. The number of nitrogens with one attached hydrogen (secondary N) is 1. The van der Waals surface area contributed by atoms with E-state index >= 15 is 0 Å². The minimum absolute atomic E-state index is 0.0152. The molecule has 0 bridgehead atoms. The van der Waals surface area contributed by atoms with Crippen molar-refractivity contribution in [3.05, 3.63) is 72.3 Å². The number of anilines is 2. The number of hydrogen-bond donors (Lipinski definition) is 1. The van der Waals surface area contributed by atoms with Gasteiger partial charge in [-0.25, -0.2) is 0 Å². The summed E-state index contributed by atoms with van der Waals surface area (Å²) in [6, 6.07) is 21.6. The van der Waals surface area contributed by atoms with Gasteiger partial charge < -0.3 is 5.32 Å². The molecule has 146 valence electrons. The van der Waals surface area contributed by atoms with Crippen LogP contribution in [0.15, 0.2) is 66.7 Å². The van der Waals surface area contributed by atoms with Crippen molar-refractivity contribution in [2.45, 2.75) is 12.8 Å². The van der Waals surface area contributed by atoms with Gasteiger partial charge >= 0.3 is 0 Å². The smallest absolute Gasteiger partial charge is 0.260 e. The maximum atomic E-state index is 13.0. The van der Waals surface area contributed by atoms with Crippen LogP contribution in [-0.2, 0) is 4.79 Å². The summed E-state index contributed by atoms with van der Waals surface area (Å²) in [4.78, 5) is 29.7. The Morgan fingerprint density at radius 3 is 2.41 bits per heavy atom. The lowest BCUT2D eigenvalue weighted by molar-refractivity contribution is -0.121. The van der Waals surface area contributed by atoms with E-state index in [1.54, 1.807) is 0 Å². The molecule has 3 aromatic carbocycles. The van der Waals surface area contributed by atoms with Gasteiger partial charge in [0.05, 0.1) is 12.4 Å². The molecule has 0 radical (unpaired) electrons. The molecular weight excluding hydrogens is 362 g/mol. The summed E-state index contributed by atoms with van der Waals surface area (Å²) in [6.45, 7) is 2.19. The molecule has 1 saturated heterocycles. The molecule has 5 nitrogen and oxygen atoms in total. The van der Waals surface area contributed by atoms with E-state index in [1.165, 1.54) is 0 Å². The van der Waals surface area contributed by atoms with Crippen LogP contribution in [-0.4, -0.2) is 36.5 Å². The maximum absolute atomic E-state index is 13.0. The average Bonchev–Trinajstić information content (AvgIpc) is 3.03. The summed E-state index contributed by atoms with van der Waals surface area (Å²) in [6.07, 6.45) is 1.61. The normalized spacial score (nSPS) is 17.1. The fraction of sp³-hybridized carbons (Fsp3) is 0.250. The van der Waals surface area contributed by atoms with Gasteiger partial charge in [0, 0.05) is 35.6 Å². The van der Waals surface area contributed by atoms with Crippen molar-refractivity contribution in [2.24, 2.45) is 5.92 Å². The van der Waals surface area contributed by atoms with E-state index in [-0.39, 0.29) is 17.7 Å². The first-order valence-corrected chi connectivity index (χ1v) is 10.1. The molecule has 0 unspecified atom stereocenters. The zero-order chi connectivity index (χ0) is 19.8. The van der Waals surface area contributed by atoms with Gasteiger partial charge in [-0.05, 0) is 42.5 Å². The Balaban J connectivity index is 1.23. The first-order chi connectivity index (χ1) is 14.2. The maximum Gasteiger partial charge on any atom is 0.260 e. The standard InChI is InChI=1S/C24H23N3O2/c28-23(25-19-8-2-1-3-9-19)18-12-14-26(15-13-18)16-27-21-11-5-7-17-6-4-10-20(22(17)21)24(27)29/h1-11,18H,12-16H2,(H,25,28). The number of para-hydroxylation sites is 1. The second kappa shape index (κ2) is 7.33.